The Balaban J connectivity index is 0.630. The Hall–Kier alpha value is -12.6. The van der Waals surface area contributed by atoms with Crippen molar-refractivity contribution in [3.05, 3.63) is 450 Å². The molecular weight excluding hydrogens is 1250 g/mol. The average Bonchev–Trinajstić information content (AvgIpc) is 0.831. The molecule has 0 aliphatic carbocycles. The molecule has 0 bridgehead atoms. The van der Waals surface area contributed by atoms with E-state index >= 15 is 0 Å². The predicted octanol–water partition coefficient (Wildman–Crippen LogP) is 28.1. The van der Waals surface area contributed by atoms with Crippen molar-refractivity contribution in [3.63, 3.8) is 0 Å². The second-order valence-corrected chi connectivity index (χ2v) is 27.3. The van der Waals surface area contributed by atoms with Crippen LogP contribution in [0.4, 0.5) is 34.1 Å². The minimum absolute atomic E-state index is 1.10. The largest absolute Gasteiger partial charge is 0.310 e. The fourth-order valence-corrected chi connectivity index (χ4v) is 13.0. The van der Waals surface area contributed by atoms with Gasteiger partial charge in [-0.1, -0.05) is 361 Å². The molecule has 0 aromatic heterocycles. The van der Waals surface area contributed by atoms with Crippen LogP contribution in [0.3, 0.4) is 0 Å². The molecule has 0 fully saturated rings. The summed E-state index contributed by atoms with van der Waals surface area (Å²) in [7, 11) is 0. The molecule has 13 aromatic rings. The molecule has 0 aliphatic heterocycles. The van der Waals surface area contributed by atoms with Crippen LogP contribution < -0.4 is 9.80 Å². The van der Waals surface area contributed by atoms with Crippen molar-refractivity contribution in [1.82, 2.24) is 0 Å². The summed E-state index contributed by atoms with van der Waals surface area (Å²) in [6, 6.07) is 110. The van der Waals surface area contributed by atoms with E-state index in [9.17, 15) is 0 Å². The van der Waals surface area contributed by atoms with E-state index in [0.717, 1.165) is 89.8 Å². The molecule has 2 nitrogen and oxygen atoms in total. The molecule has 0 saturated heterocycles. The van der Waals surface area contributed by atoms with Gasteiger partial charge in [-0.2, -0.15) is 0 Å². The van der Waals surface area contributed by atoms with Crippen LogP contribution in [-0.4, -0.2) is 0 Å². The van der Waals surface area contributed by atoms with Gasteiger partial charge in [0.2, 0.25) is 0 Å². The lowest BCUT2D eigenvalue weighted by atomic mass is 9.96. The molecule has 104 heavy (non-hydrogen) atoms. The van der Waals surface area contributed by atoms with E-state index in [2.05, 4.69) is 454 Å². The number of hydrogen-bond donors (Lipinski definition) is 0. The van der Waals surface area contributed by atoms with Gasteiger partial charge >= 0.3 is 0 Å². The summed E-state index contributed by atoms with van der Waals surface area (Å²) in [5, 5.41) is 0. The monoisotopic (exact) mass is 1340 g/mol. The Labute approximate surface area is 617 Å². The quantitative estimate of drug-likeness (QED) is 0.0493. The molecule has 0 radical (unpaired) electrons. The highest BCUT2D eigenvalue weighted by atomic mass is 15.1. The van der Waals surface area contributed by atoms with Crippen LogP contribution in [-0.2, 0) is 0 Å². The van der Waals surface area contributed by atoms with Crippen molar-refractivity contribution >= 4 is 106 Å². The lowest BCUT2D eigenvalue weighted by Crippen LogP contribution is -2.11. The second-order valence-electron chi connectivity index (χ2n) is 27.3. The zero-order chi connectivity index (χ0) is 71.7. The van der Waals surface area contributed by atoms with Gasteiger partial charge in [-0.15, -0.1) is 0 Å². The van der Waals surface area contributed by atoms with Crippen molar-refractivity contribution in [1.29, 1.82) is 0 Å². The van der Waals surface area contributed by atoms with E-state index in [-0.39, 0.29) is 0 Å². The van der Waals surface area contributed by atoms with Gasteiger partial charge in [0.15, 0.2) is 0 Å². The first-order chi connectivity index (χ1) is 50.7. The molecule has 0 heterocycles. The third-order valence-corrected chi connectivity index (χ3v) is 19.0. The molecule has 2 heteroatoms. The molecule has 0 saturated carbocycles. The normalized spacial score (nSPS) is 11.6. The van der Waals surface area contributed by atoms with Gasteiger partial charge in [-0.3, -0.25) is 0 Å². The molecule has 0 N–H and O–H groups in total. The second kappa shape index (κ2) is 33.2. The number of nitrogens with zero attached hydrogens (tertiary/aromatic N) is 2. The Morgan fingerprint density at radius 1 is 0.192 bits per heavy atom. The number of hydrogen-bond acceptors (Lipinski definition) is 2. The first-order valence-electron chi connectivity index (χ1n) is 36.0. The Morgan fingerprint density at radius 3 is 0.577 bits per heavy atom. The van der Waals surface area contributed by atoms with Crippen LogP contribution >= 0.6 is 0 Å². The summed E-state index contributed by atoms with van der Waals surface area (Å²) in [6.45, 7) is 17.2. The van der Waals surface area contributed by atoms with Crippen molar-refractivity contribution < 1.29 is 0 Å². The molecule has 0 amide bonds. The minimum Gasteiger partial charge on any atom is -0.310 e. The zero-order valence-electron chi connectivity index (χ0n) is 60.8. The van der Waals surface area contributed by atoms with Crippen molar-refractivity contribution in [3.8, 4) is 0 Å². The van der Waals surface area contributed by atoms with Crippen molar-refractivity contribution in [2.24, 2.45) is 0 Å². The number of allylic oxidation sites excluding steroid dienone is 4. The molecule has 0 unspecified atom stereocenters. The predicted molar refractivity (Wildman–Crippen MR) is 453 cm³/mol. The van der Waals surface area contributed by atoms with E-state index < -0.39 is 0 Å². The topological polar surface area (TPSA) is 6.48 Å². The lowest BCUT2D eigenvalue weighted by molar-refractivity contribution is 1.24. The molecule has 13 rings (SSSR count). The third-order valence-electron chi connectivity index (χ3n) is 19.0. The molecule has 13 aromatic carbocycles. The number of rotatable bonds is 22. The van der Waals surface area contributed by atoms with Gasteiger partial charge in [0.1, 0.15) is 0 Å². The highest BCUT2D eigenvalue weighted by Crippen LogP contribution is 2.40. The Bertz CT molecular complexity index is 4870. The highest BCUT2D eigenvalue weighted by Gasteiger charge is 2.17. The summed E-state index contributed by atoms with van der Waals surface area (Å²) in [6.07, 6.45) is 30.6. The maximum Gasteiger partial charge on any atom is 0.0490 e. The maximum absolute atomic E-state index is 2.36. The summed E-state index contributed by atoms with van der Waals surface area (Å²) >= 11 is 0. The van der Waals surface area contributed by atoms with Crippen LogP contribution in [0.1, 0.15) is 122 Å². The molecule has 0 spiro atoms. The van der Waals surface area contributed by atoms with Crippen LogP contribution in [0.15, 0.2) is 328 Å². The lowest BCUT2D eigenvalue weighted by Gasteiger charge is -2.27. The summed E-state index contributed by atoms with van der Waals surface area (Å²) < 4.78 is 0. The van der Waals surface area contributed by atoms with Gasteiger partial charge in [-0.05, 0) is 216 Å². The van der Waals surface area contributed by atoms with E-state index in [1.807, 2.05) is 0 Å². The van der Waals surface area contributed by atoms with Gasteiger partial charge in [0.05, 0.1) is 0 Å². The van der Waals surface area contributed by atoms with Gasteiger partial charge in [0.25, 0.3) is 0 Å². The van der Waals surface area contributed by atoms with E-state index in [1.54, 1.807) is 0 Å². The van der Waals surface area contributed by atoms with Crippen LogP contribution in [0.2, 0.25) is 0 Å². The van der Waals surface area contributed by atoms with E-state index in [0.29, 0.717) is 0 Å². The molecule has 0 atom stereocenters. The molecule has 506 valence electrons. The van der Waals surface area contributed by atoms with E-state index in [4.69, 9.17) is 0 Å². The van der Waals surface area contributed by atoms with Crippen molar-refractivity contribution in [2.75, 3.05) is 9.80 Å². The molecular formula is C102H88N2. The Morgan fingerprint density at radius 2 is 0.375 bits per heavy atom. The van der Waals surface area contributed by atoms with Crippen LogP contribution in [0.5, 0.6) is 0 Å². The van der Waals surface area contributed by atoms with Crippen LogP contribution in [0.25, 0.3) is 71.9 Å². The fourth-order valence-electron chi connectivity index (χ4n) is 13.0. The number of benzene rings is 13. The fraction of sp³-hybridized carbons (Fsp3) is 0.0784. The Kier molecular flexibility index (Phi) is 22.3. The zero-order valence-corrected chi connectivity index (χ0v) is 60.8. The average molecular weight is 1340 g/mol. The number of aryl methyl sites for hydroxylation is 8. The first-order valence-corrected chi connectivity index (χ1v) is 36.0. The first kappa shape index (κ1) is 69.8. The summed E-state index contributed by atoms with van der Waals surface area (Å²) in [5.74, 6) is 0. The number of anilines is 6. The highest BCUT2D eigenvalue weighted by molar-refractivity contribution is 5.86. The minimum atomic E-state index is 1.10. The van der Waals surface area contributed by atoms with Gasteiger partial charge < -0.3 is 9.80 Å². The van der Waals surface area contributed by atoms with Gasteiger partial charge in [-0.25, -0.2) is 0 Å². The third kappa shape index (κ3) is 18.3. The van der Waals surface area contributed by atoms with E-state index in [1.165, 1.54) is 77.9 Å². The van der Waals surface area contributed by atoms with Gasteiger partial charge in [0, 0.05) is 34.1 Å². The van der Waals surface area contributed by atoms with Crippen LogP contribution in [0, 0.1) is 55.4 Å². The van der Waals surface area contributed by atoms with Crippen molar-refractivity contribution in [2.45, 2.75) is 55.4 Å². The molecule has 0 aliphatic rings. The maximum atomic E-state index is 2.36. The SMILES string of the molecule is Cc1ccc(C(=CC=Cc2ccc(C=Cc3ccc(N(c4ccc(C=Cc5ccc(C=Cc6ccc(N(c7ccc(C=Cc8ccc(C=CC=C(c9ccc(C)cc9)c9ccc(C)cc9)cc8)cc7)c7ccc(C)cc7C)cc6)cc5)cc4)c4ccc(C)cc4C)cc3)cc2)c2ccc(C)cc2)cc1. The summed E-state index contributed by atoms with van der Waals surface area (Å²) in [4.78, 5) is 4.72. The summed E-state index contributed by atoms with van der Waals surface area (Å²) in [5.41, 5.74) is 35.3. The standard InChI is InChI=1S/C102H88N2/c1-73-15-53-91(54-16-73)99(92-55-17-74(2)18-56-92)13-9-11-81-25-29-83(30-26-81)37-41-87-45-61-95(62-46-87)103(101-69-23-77(5)71-79(101)7)97-65-49-89(50-66-97)43-39-85-33-35-86(36-34-85)40-44-90-51-67-98(68-52-90)104(102-70-24-78(6)72-80(102)8)96-63-47-88(48-64-96)42-38-84-31-27-82(28-32-84)12-10-14-100(93-57-19-75(3)20-58-93)94-59-21-76(4)22-60-94/h9-72H,1-8H3. The smallest absolute Gasteiger partial charge is 0.0490 e.